The Balaban J connectivity index is 2.89. The third kappa shape index (κ3) is 3.04. The summed E-state index contributed by atoms with van der Waals surface area (Å²) in [4.78, 5) is 12.2. The Hall–Kier alpha value is -2.46. The minimum Gasteiger partial charge on any atom is -0.480 e. The van der Waals surface area contributed by atoms with Crippen LogP contribution < -0.4 is 4.90 Å². The molecule has 1 aromatic carbocycles. The second kappa shape index (κ2) is 5.43. The van der Waals surface area contributed by atoms with Gasteiger partial charge in [0.1, 0.15) is 6.54 Å². The van der Waals surface area contributed by atoms with E-state index in [0.717, 1.165) is 0 Å². The predicted octanol–water partition coefficient (Wildman–Crippen LogP) is 1.08. The maximum atomic E-state index is 10.6. The zero-order valence-electron chi connectivity index (χ0n) is 8.55. The Morgan fingerprint density at radius 3 is 2.50 bits per heavy atom. The van der Waals surface area contributed by atoms with Gasteiger partial charge in [0.2, 0.25) is 0 Å². The fourth-order valence-electron chi connectivity index (χ4n) is 1.26. The van der Waals surface area contributed by atoms with Crippen LogP contribution in [0.2, 0.25) is 0 Å². The van der Waals surface area contributed by atoms with Gasteiger partial charge in [-0.2, -0.15) is 5.26 Å². The highest BCUT2D eigenvalue weighted by Crippen LogP contribution is 2.14. The summed E-state index contributed by atoms with van der Waals surface area (Å²) in [5.41, 5.74) is 1.22. The molecular formula is C12H10N2O2. The Morgan fingerprint density at radius 1 is 1.44 bits per heavy atom. The molecule has 0 unspecified atom stereocenters. The quantitative estimate of drug-likeness (QED) is 0.762. The molecule has 0 spiro atoms. The summed E-state index contributed by atoms with van der Waals surface area (Å²) < 4.78 is 0. The number of carboxylic acids is 1. The molecule has 1 aromatic rings. The van der Waals surface area contributed by atoms with Crippen LogP contribution in [0.4, 0.5) is 5.69 Å². The van der Waals surface area contributed by atoms with E-state index in [1.54, 1.807) is 29.2 Å². The van der Waals surface area contributed by atoms with Crippen LogP contribution in [0.5, 0.6) is 0 Å². The molecular weight excluding hydrogens is 204 g/mol. The number of hydrogen-bond donors (Lipinski definition) is 1. The lowest BCUT2D eigenvalue weighted by molar-refractivity contribution is -0.135. The van der Waals surface area contributed by atoms with Crippen molar-refractivity contribution in [1.82, 2.24) is 0 Å². The molecule has 0 aliphatic carbocycles. The molecule has 0 saturated heterocycles. The summed E-state index contributed by atoms with van der Waals surface area (Å²) in [6, 6.07) is 8.60. The summed E-state index contributed by atoms with van der Waals surface area (Å²) >= 11 is 0. The summed E-state index contributed by atoms with van der Waals surface area (Å²) in [5, 5.41) is 17.3. The first-order valence-electron chi connectivity index (χ1n) is 4.57. The Labute approximate surface area is 93.7 Å². The first kappa shape index (κ1) is 11.6. The fraction of sp³-hybridized carbons (Fsp3) is 0.167. The average molecular weight is 214 g/mol. The lowest BCUT2D eigenvalue weighted by Crippen LogP contribution is -2.29. The molecule has 0 amide bonds. The van der Waals surface area contributed by atoms with Crippen LogP contribution in [0.1, 0.15) is 5.56 Å². The van der Waals surface area contributed by atoms with Gasteiger partial charge in [0.25, 0.3) is 0 Å². The van der Waals surface area contributed by atoms with Crippen molar-refractivity contribution in [1.29, 1.82) is 5.26 Å². The molecule has 0 heterocycles. The van der Waals surface area contributed by atoms with Crippen LogP contribution >= 0.6 is 0 Å². The van der Waals surface area contributed by atoms with Gasteiger partial charge >= 0.3 is 5.97 Å². The first-order chi connectivity index (χ1) is 7.67. The van der Waals surface area contributed by atoms with E-state index in [0.29, 0.717) is 11.3 Å². The van der Waals surface area contributed by atoms with Crippen LogP contribution in [-0.2, 0) is 4.79 Å². The van der Waals surface area contributed by atoms with Gasteiger partial charge in [0.15, 0.2) is 0 Å². The minimum absolute atomic E-state index is 0.157. The van der Waals surface area contributed by atoms with Gasteiger partial charge in [-0.25, -0.2) is 0 Å². The summed E-state index contributed by atoms with van der Waals surface area (Å²) in [6.45, 7) is 0.0638. The second-order valence-electron chi connectivity index (χ2n) is 3.11. The largest absolute Gasteiger partial charge is 0.480 e. The van der Waals surface area contributed by atoms with Gasteiger partial charge in [-0.3, -0.25) is 4.79 Å². The van der Waals surface area contributed by atoms with Crippen LogP contribution in [0, 0.1) is 23.7 Å². The highest BCUT2D eigenvalue weighted by Gasteiger charge is 2.09. The van der Waals surface area contributed by atoms with Gasteiger partial charge < -0.3 is 10.0 Å². The second-order valence-corrected chi connectivity index (χ2v) is 3.11. The number of nitrogens with zero attached hydrogens (tertiary/aromatic N) is 2. The van der Waals surface area contributed by atoms with Crippen molar-refractivity contribution in [2.24, 2.45) is 0 Å². The van der Waals surface area contributed by atoms with Crippen molar-refractivity contribution >= 4 is 11.7 Å². The van der Waals surface area contributed by atoms with E-state index in [1.165, 1.54) is 0 Å². The Morgan fingerprint density at radius 2 is 2.06 bits per heavy atom. The van der Waals surface area contributed by atoms with E-state index in [9.17, 15) is 4.79 Å². The number of carboxylic acid groups (broad SMARTS) is 1. The van der Waals surface area contributed by atoms with E-state index >= 15 is 0 Å². The number of hydrogen-bond acceptors (Lipinski definition) is 3. The van der Waals surface area contributed by atoms with Crippen molar-refractivity contribution in [3.05, 3.63) is 29.8 Å². The van der Waals surface area contributed by atoms with E-state index in [4.69, 9.17) is 16.8 Å². The molecule has 16 heavy (non-hydrogen) atoms. The van der Waals surface area contributed by atoms with E-state index in [-0.39, 0.29) is 13.1 Å². The number of benzene rings is 1. The van der Waals surface area contributed by atoms with E-state index < -0.39 is 5.97 Å². The maximum Gasteiger partial charge on any atom is 0.323 e. The van der Waals surface area contributed by atoms with Crippen molar-refractivity contribution in [3.8, 4) is 18.4 Å². The topological polar surface area (TPSA) is 64.3 Å². The SMILES string of the molecule is C#CCN(CC(=O)O)c1ccc(C#N)cc1. The smallest absolute Gasteiger partial charge is 0.323 e. The minimum atomic E-state index is -0.945. The normalized spacial score (nSPS) is 8.88. The van der Waals surface area contributed by atoms with Gasteiger partial charge in [-0.1, -0.05) is 5.92 Å². The maximum absolute atomic E-state index is 10.6. The van der Waals surface area contributed by atoms with Crippen molar-refractivity contribution in [3.63, 3.8) is 0 Å². The molecule has 0 atom stereocenters. The van der Waals surface area contributed by atoms with E-state index in [1.807, 2.05) is 6.07 Å². The van der Waals surface area contributed by atoms with Crippen molar-refractivity contribution in [2.75, 3.05) is 18.0 Å². The van der Waals surface area contributed by atoms with Gasteiger partial charge in [-0.15, -0.1) is 6.42 Å². The van der Waals surface area contributed by atoms with Crippen LogP contribution in [0.15, 0.2) is 24.3 Å². The highest BCUT2D eigenvalue weighted by molar-refractivity contribution is 5.74. The predicted molar refractivity (Wildman–Crippen MR) is 59.8 cm³/mol. The Bertz CT molecular complexity index is 451. The molecule has 80 valence electrons. The molecule has 0 aliphatic heterocycles. The number of carbonyl (C=O) groups is 1. The molecule has 0 aliphatic rings. The number of aliphatic carboxylic acids is 1. The lowest BCUT2D eigenvalue weighted by atomic mass is 10.2. The van der Waals surface area contributed by atoms with Crippen molar-refractivity contribution in [2.45, 2.75) is 0 Å². The monoisotopic (exact) mass is 214 g/mol. The van der Waals surface area contributed by atoms with Gasteiger partial charge in [-0.05, 0) is 24.3 Å². The molecule has 0 radical (unpaired) electrons. The summed E-state index contributed by atoms with van der Waals surface area (Å²) in [7, 11) is 0. The molecule has 0 saturated carbocycles. The van der Waals surface area contributed by atoms with Gasteiger partial charge in [0, 0.05) is 5.69 Å². The number of terminal acetylenes is 1. The molecule has 0 aromatic heterocycles. The molecule has 1 N–H and O–H groups in total. The Kier molecular flexibility index (Phi) is 3.94. The van der Waals surface area contributed by atoms with Crippen LogP contribution in [0.25, 0.3) is 0 Å². The molecule has 0 bridgehead atoms. The lowest BCUT2D eigenvalue weighted by Gasteiger charge is -2.19. The molecule has 0 fully saturated rings. The van der Waals surface area contributed by atoms with E-state index in [2.05, 4.69) is 5.92 Å². The standard InChI is InChI=1S/C12H10N2O2/c1-2-7-14(9-12(15)16)11-5-3-10(8-13)4-6-11/h1,3-6H,7,9H2,(H,15,16). The first-order valence-corrected chi connectivity index (χ1v) is 4.57. The third-order valence-electron chi connectivity index (χ3n) is 1.97. The zero-order chi connectivity index (χ0) is 12.0. The zero-order valence-corrected chi connectivity index (χ0v) is 8.55. The number of rotatable bonds is 4. The summed E-state index contributed by atoms with van der Waals surface area (Å²) in [6.07, 6.45) is 5.16. The molecule has 4 nitrogen and oxygen atoms in total. The van der Waals surface area contributed by atoms with Gasteiger partial charge in [0.05, 0.1) is 18.2 Å². The third-order valence-corrected chi connectivity index (χ3v) is 1.97. The average Bonchev–Trinajstić information content (AvgIpc) is 2.28. The van der Waals surface area contributed by atoms with Crippen molar-refractivity contribution < 1.29 is 9.90 Å². The highest BCUT2D eigenvalue weighted by atomic mass is 16.4. The molecule has 1 rings (SSSR count). The summed E-state index contributed by atoms with van der Waals surface area (Å²) in [5.74, 6) is 1.45. The fourth-order valence-corrected chi connectivity index (χ4v) is 1.26. The van der Waals surface area contributed by atoms with Crippen LogP contribution in [-0.4, -0.2) is 24.2 Å². The molecule has 4 heteroatoms. The van der Waals surface area contributed by atoms with Crippen LogP contribution in [0.3, 0.4) is 0 Å². The number of nitriles is 1. The number of anilines is 1.